The molecule has 26 heavy (non-hydrogen) atoms. The quantitative estimate of drug-likeness (QED) is 0.900. The Morgan fingerprint density at radius 2 is 2.23 bits per heavy atom. The zero-order chi connectivity index (χ0) is 18.3. The summed E-state index contributed by atoms with van der Waals surface area (Å²) in [7, 11) is 0. The molecule has 7 heteroatoms. The van der Waals surface area contributed by atoms with Crippen molar-refractivity contribution in [1.82, 2.24) is 10.3 Å². The van der Waals surface area contributed by atoms with Gasteiger partial charge in [0.1, 0.15) is 6.10 Å². The van der Waals surface area contributed by atoms with Gasteiger partial charge in [0, 0.05) is 23.9 Å². The molecule has 1 saturated heterocycles. The van der Waals surface area contributed by atoms with E-state index >= 15 is 0 Å². The maximum Gasteiger partial charge on any atom is 0.414 e. The number of aromatic nitrogens is 1. The fourth-order valence-electron chi connectivity index (χ4n) is 3.55. The summed E-state index contributed by atoms with van der Waals surface area (Å²) in [4.78, 5) is 30.9. The SMILES string of the molecule is CC(=O)NCC1CN(c2ccc3c(c2)CCc2nc(C)sc2C3)C(=O)O1. The number of benzene rings is 1. The van der Waals surface area contributed by atoms with Crippen molar-refractivity contribution in [2.45, 2.75) is 39.2 Å². The summed E-state index contributed by atoms with van der Waals surface area (Å²) >= 11 is 1.77. The van der Waals surface area contributed by atoms with Crippen LogP contribution in [0.2, 0.25) is 0 Å². The van der Waals surface area contributed by atoms with Crippen LogP contribution in [0.25, 0.3) is 0 Å². The molecule has 4 rings (SSSR count). The molecule has 2 aromatic rings. The first-order valence-corrected chi connectivity index (χ1v) is 9.61. The van der Waals surface area contributed by atoms with E-state index in [-0.39, 0.29) is 18.1 Å². The maximum absolute atomic E-state index is 12.2. The van der Waals surface area contributed by atoms with Gasteiger partial charge in [-0.25, -0.2) is 9.78 Å². The van der Waals surface area contributed by atoms with Gasteiger partial charge in [-0.05, 0) is 43.0 Å². The summed E-state index contributed by atoms with van der Waals surface area (Å²) in [6.07, 6.45) is 2.10. The molecular formula is C19H21N3O3S. The maximum atomic E-state index is 12.2. The van der Waals surface area contributed by atoms with E-state index < -0.39 is 0 Å². The number of carbonyl (C=O) groups is 2. The normalized spacial score (nSPS) is 18.8. The first-order chi connectivity index (χ1) is 12.5. The second kappa shape index (κ2) is 6.72. The zero-order valence-corrected chi connectivity index (χ0v) is 15.7. The molecule has 1 unspecified atom stereocenters. The topological polar surface area (TPSA) is 71.5 Å². The standard InChI is InChI=1S/C19H21N3O3S/c1-11(23)20-9-16-10-22(19(24)25-16)15-5-3-14-8-18-17(21-12(2)26-18)6-4-13(14)7-15/h3,5,7,16H,4,6,8-10H2,1-2H3,(H,20,23). The van der Waals surface area contributed by atoms with Crippen LogP contribution in [0.4, 0.5) is 10.5 Å². The minimum absolute atomic E-state index is 0.124. The number of cyclic esters (lactones) is 1. The van der Waals surface area contributed by atoms with Crippen LogP contribution >= 0.6 is 11.3 Å². The number of ether oxygens (including phenoxy) is 1. The average molecular weight is 371 g/mol. The van der Waals surface area contributed by atoms with E-state index in [4.69, 9.17) is 4.74 Å². The lowest BCUT2D eigenvalue weighted by Gasteiger charge is -2.16. The number of hydrogen-bond acceptors (Lipinski definition) is 5. The van der Waals surface area contributed by atoms with Gasteiger partial charge in [0.25, 0.3) is 0 Å². The Bertz CT molecular complexity index is 877. The minimum atomic E-state index is -0.356. The number of anilines is 1. The number of carbonyl (C=O) groups excluding carboxylic acids is 2. The molecule has 136 valence electrons. The van der Waals surface area contributed by atoms with Gasteiger partial charge in [0.15, 0.2) is 0 Å². The minimum Gasteiger partial charge on any atom is -0.442 e. The van der Waals surface area contributed by atoms with Crippen LogP contribution in [0.3, 0.4) is 0 Å². The monoisotopic (exact) mass is 371 g/mol. The molecule has 1 atom stereocenters. The number of rotatable bonds is 3. The summed E-state index contributed by atoms with van der Waals surface area (Å²) in [5.74, 6) is -0.124. The van der Waals surface area contributed by atoms with Crippen LogP contribution in [0.1, 0.15) is 33.6 Å². The second-order valence-electron chi connectivity index (χ2n) is 6.79. The molecule has 2 aliphatic rings. The van der Waals surface area contributed by atoms with E-state index in [1.54, 1.807) is 16.2 Å². The van der Waals surface area contributed by atoms with E-state index in [0.717, 1.165) is 30.0 Å². The lowest BCUT2D eigenvalue weighted by atomic mass is 10.0. The van der Waals surface area contributed by atoms with Gasteiger partial charge in [-0.15, -0.1) is 11.3 Å². The van der Waals surface area contributed by atoms with Gasteiger partial charge in [-0.3, -0.25) is 9.69 Å². The van der Waals surface area contributed by atoms with Gasteiger partial charge in [-0.1, -0.05) is 6.07 Å². The molecule has 1 aliphatic heterocycles. The number of hydrogen-bond donors (Lipinski definition) is 1. The Hall–Kier alpha value is -2.41. The molecule has 1 fully saturated rings. The van der Waals surface area contributed by atoms with Crippen LogP contribution in [-0.2, 0) is 28.8 Å². The summed E-state index contributed by atoms with van der Waals surface area (Å²) in [6, 6.07) is 6.20. The van der Waals surface area contributed by atoms with Crippen molar-refractivity contribution in [3.63, 3.8) is 0 Å². The highest BCUT2D eigenvalue weighted by atomic mass is 32.1. The molecule has 0 spiro atoms. The highest BCUT2D eigenvalue weighted by Gasteiger charge is 2.32. The smallest absolute Gasteiger partial charge is 0.414 e. The fraction of sp³-hybridized carbons (Fsp3) is 0.421. The van der Waals surface area contributed by atoms with E-state index in [1.165, 1.54) is 28.6 Å². The molecule has 2 amide bonds. The Kier molecular flexibility index (Phi) is 4.40. The van der Waals surface area contributed by atoms with Crippen LogP contribution in [0.15, 0.2) is 18.2 Å². The molecule has 1 aromatic carbocycles. The predicted octanol–water partition coefficient (Wildman–Crippen LogP) is 2.60. The van der Waals surface area contributed by atoms with Crippen LogP contribution in [0, 0.1) is 6.92 Å². The van der Waals surface area contributed by atoms with Crippen molar-refractivity contribution in [3.8, 4) is 0 Å². The molecule has 0 saturated carbocycles. The summed E-state index contributed by atoms with van der Waals surface area (Å²) in [5.41, 5.74) is 4.64. The second-order valence-corrected chi connectivity index (χ2v) is 8.07. The number of fused-ring (bicyclic) bond motifs is 2. The average Bonchev–Trinajstić information content (AvgIpc) is 3.09. The number of thiazole rings is 1. The Morgan fingerprint density at radius 3 is 3.04 bits per heavy atom. The van der Waals surface area contributed by atoms with Crippen LogP contribution in [0.5, 0.6) is 0 Å². The number of amides is 2. The Balaban J connectivity index is 1.52. The van der Waals surface area contributed by atoms with E-state index in [0.29, 0.717) is 13.1 Å². The molecular weight excluding hydrogens is 350 g/mol. The highest BCUT2D eigenvalue weighted by molar-refractivity contribution is 7.11. The molecule has 0 bridgehead atoms. The number of nitrogens with zero attached hydrogens (tertiary/aromatic N) is 2. The third-order valence-corrected chi connectivity index (χ3v) is 5.83. The number of aryl methyl sites for hydroxylation is 3. The number of nitrogens with one attached hydrogen (secondary N) is 1. The first-order valence-electron chi connectivity index (χ1n) is 8.79. The van der Waals surface area contributed by atoms with Gasteiger partial charge < -0.3 is 10.1 Å². The summed E-state index contributed by atoms with van der Waals surface area (Å²) in [5, 5.41) is 3.83. The molecule has 1 aliphatic carbocycles. The van der Waals surface area contributed by atoms with Gasteiger partial charge in [0.2, 0.25) is 5.91 Å². The molecule has 2 heterocycles. The lowest BCUT2D eigenvalue weighted by Crippen LogP contribution is -2.33. The van der Waals surface area contributed by atoms with Crippen molar-refractivity contribution in [3.05, 3.63) is 44.9 Å². The van der Waals surface area contributed by atoms with Gasteiger partial charge >= 0.3 is 6.09 Å². The molecule has 0 radical (unpaired) electrons. The zero-order valence-electron chi connectivity index (χ0n) is 14.9. The first kappa shape index (κ1) is 17.0. The molecule has 1 N–H and O–H groups in total. The third-order valence-electron chi connectivity index (χ3n) is 4.82. The van der Waals surface area contributed by atoms with E-state index in [9.17, 15) is 9.59 Å². The highest BCUT2D eigenvalue weighted by Crippen LogP contribution is 2.31. The van der Waals surface area contributed by atoms with Gasteiger partial charge in [0.05, 0.1) is 23.8 Å². The Labute approximate surface area is 156 Å². The Morgan fingerprint density at radius 1 is 1.38 bits per heavy atom. The van der Waals surface area contributed by atoms with Crippen LogP contribution in [-0.4, -0.2) is 36.2 Å². The summed E-state index contributed by atoms with van der Waals surface area (Å²) in [6.45, 7) is 4.30. The molecule has 6 nitrogen and oxygen atoms in total. The fourth-order valence-corrected chi connectivity index (χ4v) is 4.56. The van der Waals surface area contributed by atoms with E-state index in [2.05, 4.69) is 29.4 Å². The van der Waals surface area contributed by atoms with Crippen molar-refractivity contribution in [1.29, 1.82) is 0 Å². The van der Waals surface area contributed by atoms with Crippen molar-refractivity contribution >= 4 is 29.0 Å². The van der Waals surface area contributed by atoms with Gasteiger partial charge in [-0.2, -0.15) is 0 Å². The molecule has 1 aromatic heterocycles. The summed E-state index contributed by atoms with van der Waals surface area (Å²) < 4.78 is 5.36. The third kappa shape index (κ3) is 3.31. The predicted molar refractivity (Wildman–Crippen MR) is 99.8 cm³/mol. The largest absolute Gasteiger partial charge is 0.442 e. The van der Waals surface area contributed by atoms with E-state index in [1.807, 2.05) is 6.07 Å². The van der Waals surface area contributed by atoms with Crippen molar-refractivity contribution in [2.75, 3.05) is 18.0 Å². The van der Waals surface area contributed by atoms with Crippen molar-refractivity contribution in [2.24, 2.45) is 0 Å². The lowest BCUT2D eigenvalue weighted by molar-refractivity contribution is -0.119. The van der Waals surface area contributed by atoms with Crippen molar-refractivity contribution < 1.29 is 14.3 Å². The van der Waals surface area contributed by atoms with Crippen LogP contribution < -0.4 is 10.2 Å².